The van der Waals surface area contributed by atoms with Crippen molar-refractivity contribution >= 4 is 49.6 Å². The van der Waals surface area contributed by atoms with E-state index in [9.17, 15) is 5.26 Å². The van der Waals surface area contributed by atoms with Crippen LogP contribution in [0.25, 0.3) is 10.1 Å². The van der Waals surface area contributed by atoms with Gasteiger partial charge in [-0.3, -0.25) is 0 Å². The van der Waals surface area contributed by atoms with Crippen LogP contribution in [0.4, 0.5) is 5.00 Å². The highest BCUT2D eigenvalue weighted by molar-refractivity contribution is 7.23. The van der Waals surface area contributed by atoms with Crippen LogP contribution < -0.4 is 5.73 Å². The molecule has 0 unspecified atom stereocenters. The van der Waals surface area contributed by atoms with Crippen LogP contribution in [0, 0.1) is 11.3 Å². The van der Waals surface area contributed by atoms with E-state index in [1.807, 2.05) is 6.07 Å². The average Bonchev–Trinajstić information content (AvgIpc) is 2.58. The van der Waals surface area contributed by atoms with Crippen molar-refractivity contribution in [3.63, 3.8) is 0 Å². The van der Waals surface area contributed by atoms with Crippen LogP contribution in [0.3, 0.4) is 0 Å². The van der Waals surface area contributed by atoms with Crippen molar-refractivity contribution in [2.24, 2.45) is 0 Å². The van der Waals surface area contributed by atoms with Crippen molar-refractivity contribution < 1.29 is 0 Å². The number of halogens is 2. The van der Waals surface area contributed by atoms with E-state index in [1.165, 1.54) is 11.3 Å². The first-order valence-electron chi connectivity index (χ1n) is 5.38. The molecule has 2 aromatic rings. The fraction of sp³-hybridized carbons (Fsp3) is 0.308. The zero-order valence-electron chi connectivity index (χ0n) is 10.3. The normalized spacial score (nSPS) is 11.8. The van der Waals surface area contributed by atoms with Gasteiger partial charge in [0.05, 0.1) is 20.3 Å². The minimum atomic E-state index is -0.133. The number of fused-ring (bicyclic) bond motifs is 1. The molecule has 2 N–H and O–H groups in total. The maximum atomic E-state index is 9.26. The van der Waals surface area contributed by atoms with Gasteiger partial charge >= 0.3 is 0 Å². The van der Waals surface area contributed by atoms with Gasteiger partial charge in [0.2, 0.25) is 0 Å². The third-order valence-electron chi connectivity index (χ3n) is 2.80. The largest absolute Gasteiger partial charge is 0.389 e. The predicted octanol–water partition coefficient (Wildman–Crippen LogP) is 4.96. The Labute approximate surface area is 120 Å². The maximum absolute atomic E-state index is 9.26. The minimum absolute atomic E-state index is 0.133. The van der Waals surface area contributed by atoms with E-state index in [1.54, 1.807) is 0 Å². The number of nitrogens with two attached hydrogens (primary N) is 1. The number of thiophene rings is 1. The molecule has 0 saturated carbocycles. The van der Waals surface area contributed by atoms with Gasteiger partial charge in [0.15, 0.2) is 0 Å². The summed E-state index contributed by atoms with van der Waals surface area (Å²) in [6.45, 7) is 6.21. The van der Waals surface area contributed by atoms with Gasteiger partial charge in [-0.25, -0.2) is 0 Å². The number of nitrogen functional groups attached to an aromatic ring is 1. The van der Waals surface area contributed by atoms with Gasteiger partial charge in [0, 0.05) is 5.39 Å². The Morgan fingerprint density at radius 3 is 2.44 bits per heavy atom. The molecule has 0 aliphatic rings. The summed E-state index contributed by atoms with van der Waals surface area (Å²) >= 11 is 13.7. The SMILES string of the molecule is CC(C)(C)c1cc(Cl)c(Cl)c2sc(N)c(C#N)c12. The van der Waals surface area contributed by atoms with E-state index in [-0.39, 0.29) is 5.41 Å². The highest BCUT2D eigenvalue weighted by Crippen LogP contribution is 2.45. The first-order chi connectivity index (χ1) is 8.27. The van der Waals surface area contributed by atoms with Gasteiger partial charge in [-0.1, -0.05) is 44.0 Å². The smallest absolute Gasteiger partial charge is 0.105 e. The fourth-order valence-corrected chi connectivity index (χ4v) is 3.44. The Bertz CT molecular complexity index is 675. The third-order valence-corrected chi connectivity index (χ3v) is 4.74. The molecule has 1 aromatic heterocycles. The van der Waals surface area contributed by atoms with E-state index in [2.05, 4.69) is 26.8 Å². The summed E-state index contributed by atoms with van der Waals surface area (Å²) in [5.41, 5.74) is 7.25. The minimum Gasteiger partial charge on any atom is -0.389 e. The Morgan fingerprint density at radius 2 is 1.94 bits per heavy atom. The van der Waals surface area contributed by atoms with E-state index in [4.69, 9.17) is 28.9 Å². The zero-order chi connectivity index (χ0) is 13.7. The van der Waals surface area contributed by atoms with E-state index >= 15 is 0 Å². The number of nitrogens with zero attached hydrogens (tertiary/aromatic N) is 1. The molecule has 0 atom stereocenters. The van der Waals surface area contributed by atoms with Crippen molar-refractivity contribution in [3.8, 4) is 6.07 Å². The molecule has 0 saturated heterocycles. The van der Waals surface area contributed by atoms with Crippen LogP contribution in [-0.4, -0.2) is 0 Å². The lowest BCUT2D eigenvalue weighted by atomic mass is 9.84. The molecule has 0 aliphatic heterocycles. The number of benzene rings is 1. The van der Waals surface area contributed by atoms with E-state index in [0.29, 0.717) is 20.6 Å². The molecule has 1 heterocycles. The molecule has 0 fully saturated rings. The van der Waals surface area contributed by atoms with Crippen molar-refractivity contribution in [1.29, 1.82) is 5.26 Å². The van der Waals surface area contributed by atoms with Crippen LogP contribution >= 0.6 is 34.5 Å². The molecule has 0 radical (unpaired) electrons. The van der Waals surface area contributed by atoms with Crippen molar-refractivity contribution in [2.45, 2.75) is 26.2 Å². The lowest BCUT2D eigenvalue weighted by Gasteiger charge is -2.21. The molecule has 1 aromatic carbocycles. The Morgan fingerprint density at radius 1 is 1.33 bits per heavy atom. The molecule has 94 valence electrons. The fourth-order valence-electron chi connectivity index (χ4n) is 1.93. The molecule has 2 nitrogen and oxygen atoms in total. The van der Waals surface area contributed by atoms with E-state index in [0.717, 1.165) is 15.6 Å². The molecule has 2 rings (SSSR count). The van der Waals surface area contributed by atoms with Crippen molar-refractivity contribution in [1.82, 2.24) is 0 Å². The lowest BCUT2D eigenvalue weighted by Crippen LogP contribution is -2.12. The van der Waals surface area contributed by atoms with Crippen molar-refractivity contribution in [2.75, 3.05) is 5.73 Å². The number of hydrogen-bond acceptors (Lipinski definition) is 3. The summed E-state index contributed by atoms with van der Waals surface area (Å²) in [5.74, 6) is 0. The zero-order valence-corrected chi connectivity index (χ0v) is 12.6. The molecule has 18 heavy (non-hydrogen) atoms. The molecule has 0 aliphatic carbocycles. The van der Waals surface area contributed by atoms with E-state index < -0.39 is 0 Å². The number of nitriles is 1. The summed E-state index contributed by atoms with van der Waals surface area (Å²) in [4.78, 5) is 0. The van der Waals surface area contributed by atoms with Gasteiger partial charge in [-0.15, -0.1) is 11.3 Å². The molecule has 0 amide bonds. The summed E-state index contributed by atoms with van der Waals surface area (Å²) in [6.07, 6.45) is 0. The Balaban J connectivity index is 3.04. The predicted molar refractivity (Wildman–Crippen MR) is 79.7 cm³/mol. The second kappa shape index (κ2) is 4.31. The lowest BCUT2D eigenvalue weighted by molar-refractivity contribution is 0.596. The van der Waals surface area contributed by atoms with Crippen LogP contribution in [0.2, 0.25) is 10.0 Å². The summed E-state index contributed by atoms with van der Waals surface area (Å²) in [5, 5.41) is 11.5. The Kier molecular flexibility index (Phi) is 3.23. The van der Waals surface area contributed by atoms with Crippen LogP contribution in [-0.2, 0) is 5.41 Å². The van der Waals surface area contributed by atoms with Crippen LogP contribution in [0.5, 0.6) is 0 Å². The second-order valence-electron chi connectivity index (χ2n) is 5.13. The average molecular weight is 299 g/mol. The molecule has 5 heteroatoms. The molecule has 0 spiro atoms. The van der Waals surface area contributed by atoms with Crippen LogP contribution in [0.15, 0.2) is 6.07 Å². The standard InChI is InChI=1S/C13H12Cl2N2S/c1-13(2,3)7-4-8(14)10(15)11-9(7)6(5-16)12(17)18-11/h4H,17H2,1-3H3. The third kappa shape index (κ3) is 1.95. The maximum Gasteiger partial charge on any atom is 0.105 e. The summed E-state index contributed by atoms with van der Waals surface area (Å²) < 4.78 is 0.795. The van der Waals surface area contributed by atoms with Crippen molar-refractivity contribution in [3.05, 3.63) is 27.2 Å². The second-order valence-corrected chi connectivity index (χ2v) is 6.96. The number of anilines is 1. The monoisotopic (exact) mass is 298 g/mol. The molecule has 0 bridgehead atoms. The van der Waals surface area contributed by atoms with Gasteiger partial charge < -0.3 is 5.73 Å². The van der Waals surface area contributed by atoms with Gasteiger partial charge in [-0.2, -0.15) is 5.26 Å². The topological polar surface area (TPSA) is 49.8 Å². The highest BCUT2D eigenvalue weighted by Gasteiger charge is 2.24. The number of hydrogen-bond donors (Lipinski definition) is 1. The van der Waals surface area contributed by atoms with Gasteiger partial charge in [0.25, 0.3) is 0 Å². The molecular formula is C13H12Cl2N2S. The quantitative estimate of drug-likeness (QED) is 0.747. The summed E-state index contributed by atoms with van der Waals surface area (Å²) in [6, 6.07) is 3.99. The summed E-state index contributed by atoms with van der Waals surface area (Å²) in [7, 11) is 0. The molecular weight excluding hydrogens is 287 g/mol. The number of rotatable bonds is 0. The Hall–Kier alpha value is -0.950. The highest BCUT2D eigenvalue weighted by atomic mass is 35.5. The van der Waals surface area contributed by atoms with Crippen LogP contribution in [0.1, 0.15) is 31.9 Å². The van der Waals surface area contributed by atoms with Gasteiger partial charge in [-0.05, 0) is 17.0 Å². The first kappa shape index (κ1) is 13.5. The first-order valence-corrected chi connectivity index (χ1v) is 6.95. The van der Waals surface area contributed by atoms with Gasteiger partial charge in [0.1, 0.15) is 11.1 Å².